The van der Waals surface area contributed by atoms with Crippen LogP contribution in [0.4, 0.5) is 0 Å². The van der Waals surface area contributed by atoms with Crippen molar-refractivity contribution in [1.82, 2.24) is 9.55 Å². The molecule has 2 atom stereocenters. The van der Waals surface area contributed by atoms with Crippen LogP contribution in [0, 0.1) is 0 Å². The van der Waals surface area contributed by atoms with Gasteiger partial charge in [0.2, 0.25) is 0 Å². The Labute approximate surface area is 272 Å². The molecule has 0 saturated carbocycles. The summed E-state index contributed by atoms with van der Waals surface area (Å²) in [6, 6.07) is 0.588. The minimum atomic E-state index is 0.588. The zero-order chi connectivity index (χ0) is 31.1. The van der Waals surface area contributed by atoms with Gasteiger partial charge < -0.3 is 4.57 Å². The quantitative estimate of drug-likeness (QED) is 0.0719. The van der Waals surface area contributed by atoms with E-state index in [1.165, 1.54) is 211 Å². The number of aromatic nitrogens is 2. The number of imidazole rings is 1. The van der Waals surface area contributed by atoms with Gasteiger partial charge in [0.15, 0.2) is 0 Å². The van der Waals surface area contributed by atoms with Crippen LogP contribution in [0.2, 0.25) is 0 Å². The van der Waals surface area contributed by atoms with E-state index in [4.69, 9.17) is 4.98 Å². The van der Waals surface area contributed by atoms with Gasteiger partial charge in [0.25, 0.3) is 0 Å². The van der Waals surface area contributed by atoms with Crippen molar-refractivity contribution < 1.29 is 0 Å². The van der Waals surface area contributed by atoms with Crippen molar-refractivity contribution in [1.29, 1.82) is 0 Å². The molecule has 2 heteroatoms. The third-order valence-electron chi connectivity index (χ3n) is 10.1. The number of nitrogens with zero attached hydrogens (tertiary/aromatic N) is 2. The predicted octanol–water partition coefficient (Wildman–Crippen LogP) is 15.1. The van der Waals surface area contributed by atoms with Gasteiger partial charge in [-0.05, 0) is 26.2 Å². The van der Waals surface area contributed by atoms with Crippen molar-refractivity contribution in [3.8, 4) is 0 Å². The molecular formula is C41H80N2. The summed E-state index contributed by atoms with van der Waals surface area (Å²) in [5.41, 5.74) is 0. The second-order valence-electron chi connectivity index (χ2n) is 14.3. The average molecular weight is 601 g/mol. The van der Waals surface area contributed by atoms with Gasteiger partial charge >= 0.3 is 0 Å². The average Bonchev–Trinajstić information content (AvgIpc) is 3.51. The first-order chi connectivity index (χ1) is 21.2. The second-order valence-corrected chi connectivity index (χ2v) is 14.3. The molecular weight excluding hydrogens is 520 g/mol. The van der Waals surface area contributed by atoms with E-state index in [1.54, 1.807) is 0 Å². The van der Waals surface area contributed by atoms with E-state index in [-0.39, 0.29) is 0 Å². The molecule has 1 aromatic heterocycles. The molecule has 0 bridgehead atoms. The molecule has 0 N–H and O–H groups in total. The normalized spacial score (nSPS) is 13.1. The van der Waals surface area contributed by atoms with E-state index in [0.717, 1.165) is 0 Å². The van der Waals surface area contributed by atoms with Crippen LogP contribution in [-0.2, 0) is 0 Å². The van der Waals surface area contributed by atoms with Crippen LogP contribution in [0.25, 0.3) is 0 Å². The Kier molecular flexibility index (Phi) is 29.2. The van der Waals surface area contributed by atoms with Crippen molar-refractivity contribution in [2.75, 3.05) is 0 Å². The van der Waals surface area contributed by atoms with Crippen LogP contribution in [-0.4, -0.2) is 9.55 Å². The van der Waals surface area contributed by atoms with E-state index in [2.05, 4.69) is 44.7 Å². The zero-order valence-electron chi connectivity index (χ0n) is 30.3. The summed E-state index contributed by atoms with van der Waals surface area (Å²) < 4.78 is 2.58. The lowest BCUT2D eigenvalue weighted by Gasteiger charge is -2.22. The van der Waals surface area contributed by atoms with E-state index in [1.807, 2.05) is 0 Å². The lowest BCUT2D eigenvalue weighted by atomic mass is 9.92. The van der Waals surface area contributed by atoms with E-state index in [9.17, 15) is 0 Å². The molecule has 254 valence electrons. The molecule has 0 aromatic carbocycles. The maximum Gasteiger partial charge on any atom is 0.111 e. The van der Waals surface area contributed by atoms with E-state index >= 15 is 0 Å². The van der Waals surface area contributed by atoms with Gasteiger partial charge in [-0.15, -0.1) is 0 Å². The fourth-order valence-electron chi connectivity index (χ4n) is 7.06. The molecule has 1 aromatic rings. The number of hydrogen-bond donors (Lipinski definition) is 0. The minimum Gasteiger partial charge on any atom is -0.332 e. The highest BCUT2D eigenvalue weighted by Crippen LogP contribution is 2.31. The van der Waals surface area contributed by atoms with Gasteiger partial charge in [-0.3, -0.25) is 0 Å². The Balaban J connectivity index is 2.39. The van der Waals surface area contributed by atoms with Crippen molar-refractivity contribution in [2.24, 2.45) is 0 Å². The summed E-state index contributed by atoms with van der Waals surface area (Å²) in [4.78, 5) is 5.01. The van der Waals surface area contributed by atoms with Crippen molar-refractivity contribution in [2.45, 2.75) is 245 Å². The van der Waals surface area contributed by atoms with Crippen molar-refractivity contribution in [3.63, 3.8) is 0 Å². The molecule has 1 rings (SSSR count). The van der Waals surface area contributed by atoms with Crippen LogP contribution in [0.3, 0.4) is 0 Å². The Bertz CT molecular complexity index is 664. The molecule has 2 nitrogen and oxygen atoms in total. The lowest BCUT2D eigenvalue weighted by Crippen LogP contribution is -2.13. The van der Waals surface area contributed by atoms with Gasteiger partial charge in [0, 0.05) is 24.4 Å². The second kappa shape index (κ2) is 31.2. The maximum absolute atomic E-state index is 5.01. The maximum atomic E-state index is 5.01. The molecule has 0 spiro atoms. The molecule has 0 saturated heterocycles. The molecule has 0 amide bonds. The number of unbranched alkanes of at least 4 members (excludes halogenated alkanes) is 26. The Hall–Kier alpha value is -0.790. The van der Waals surface area contributed by atoms with Gasteiger partial charge in [-0.1, -0.05) is 207 Å². The number of rotatable bonds is 34. The van der Waals surface area contributed by atoms with Crippen LogP contribution < -0.4 is 0 Å². The smallest absolute Gasteiger partial charge is 0.111 e. The molecule has 2 unspecified atom stereocenters. The SMILES string of the molecule is CCCCCCCCCCCCCC(CCCCCCCCC)c1nccn1C(C)CCCCCCCCCCCCC. The summed E-state index contributed by atoms with van der Waals surface area (Å²) in [6.45, 7) is 9.39. The third-order valence-corrected chi connectivity index (χ3v) is 10.1. The largest absolute Gasteiger partial charge is 0.332 e. The Morgan fingerprint density at radius 1 is 0.442 bits per heavy atom. The molecule has 1 heterocycles. The monoisotopic (exact) mass is 601 g/mol. The van der Waals surface area contributed by atoms with E-state index < -0.39 is 0 Å². The molecule has 0 aliphatic heterocycles. The van der Waals surface area contributed by atoms with Gasteiger partial charge in [0.1, 0.15) is 5.82 Å². The standard InChI is InChI=1S/C41H80N2/c1-5-8-11-14-17-19-21-23-26-28-31-34-39(4)43-38-37-42-41(43)40(35-32-29-25-16-13-10-7-3)36-33-30-27-24-22-20-18-15-12-9-6-2/h37-40H,5-36H2,1-4H3. The Morgan fingerprint density at radius 2 is 0.744 bits per heavy atom. The van der Waals surface area contributed by atoms with Gasteiger partial charge in [-0.2, -0.15) is 0 Å². The topological polar surface area (TPSA) is 17.8 Å². The predicted molar refractivity (Wildman–Crippen MR) is 194 cm³/mol. The van der Waals surface area contributed by atoms with Crippen LogP contribution in [0.5, 0.6) is 0 Å². The van der Waals surface area contributed by atoms with Gasteiger partial charge in [0.05, 0.1) is 0 Å². The summed E-state index contributed by atoms with van der Waals surface area (Å²) in [5, 5.41) is 0. The summed E-state index contributed by atoms with van der Waals surface area (Å²) in [5.74, 6) is 2.07. The highest BCUT2D eigenvalue weighted by Gasteiger charge is 2.19. The first-order valence-electron chi connectivity index (χ1n) is 20.3. The highest BCUT2D eigenvalue weighted by atomic mass is 15.1. The first-order valence-corrected chi connectivity index (χ1v) is 20.3. The number of hydrogen-bond acceptors (Lipinski definition) is 1. The molecule has 0 radical (unpaired) electrons. The molecule has 0 aliphatic carbocycles. The van der Waals surface area contributed by atoms with Crippen LogP contribution in [0.1, 0.15) is 251 Å². The van der Waals surface area contributed by atoms with E-state index in [0.29, 0.717) is 12.0 Å². The molecule has 0 aliphatic rings. The van der Waals surface area contributed by atoms with Gasteiger partial charge in [-0.25, -0.2) is 4.98 Å². The lowest BCUT2D eigenvalue weighted by molar-refractivity contribution is 0.412. The van der Waals surface area contributed by atoms with Crippen molar-refractivity contribution in [3.05, 3.63) is 18.2 Å². The highest BCUT2D eigenvalue weighted by molar-refractivity contribution is 5.02. The summed E-state index contributed by atoms with van der Waals surface area (Å²) >= 11 is 0. The first kappa shape index (κ1) is 40.2. The summed E-state index contributed by atoms with van der Waals surface area (Å²) in [7, 11) is 0. The zero-order valence-corrected chi connectivity index (χ0v) is 30.3. The molecule has 0 fully saturated rings. The van der Waals surface area contributed by atoms with Crippen molar-refractivity contribution >= 4 is 0 Å². The molecule has 43 heavy (non-hydrogen) atoms. The summed E-state index contributed by atoms with van der Waals surface area (Å²) in [6.07, 6.45) is 49.7. The third kappa shape index (κ3) is 23.2. The fraction of sp³-hybridized carbons (Fsp3) is 0.927. The minimum absolute atomic E-state index is 0.588. The van der Waals surface area contributed by atoms with Crippen LogP contribution in [0.15, 0.2) is 12.4 Å². The Morgan fingerprint density at radius 3 is 1.09 bits per heavy atom. The fourth-order valence-corrected chi connectivity index (χ4v) is 7.06. The van der Waals surface area contributed by atoms with Crippen LogP contribution >= 0.6 is 0 Å².